The van der Waals surface area contributed by atoms with Gasteiger partial charge in [0.2, 0.25) is 5.88 Å². The van der Waals surface area contributed by atoms with Crippen molar-refractivity contribution in [3.63, 3.8) is 0 Å². The van der Waals surface area contributed by atoms with Crippen molar-refractivity contribution in [1.82, 2.24) is 0 Å². The molecule has 0 unspecified atom stereocenters. The number of esters is 2. The first-order valence-corrected chi connectivity index (χ1v) is 8.81. The number of rotatable bonds is 5. The minimum absolute atomic E-state index is 0.0868. The molecule has 2 aromatic rings. The molecule has 138 valence electrons. The van der Waals surface area contributed by atoms with Crippen LogP contribution in [0.5, 0.6) is 0 Å². The van der Waals surface area contributed by atoms with Crippen LogP contribution in [0, 0.1) is 0 Å². The normalized spacial score (nSPS) is 14.7. The number of furan rings is 1. The zero-order valence-electron chi connectivity index (χ0n) is 15.0. The van der Waals surface area contributed by atoms with Gasteiger partial charge in [-0.25, -0.2) is 9.59 Å². The Labute approximate surface area is 152 Å². The van der Waals surface area contributed by atoms with Gasteiger partial charge in [-0.2, -0.15) is 0 Å². The highest BCUT2D eigenvalue weighted by Gasteiger charge is 2.33. The number of ether oxygens (including phenoxy) is 2. The lowest BCUT2D eigenvalue weighted by Gasteiger charge is -2.22. The van der Waals surface area contributed by atoms with Crippen LogP contribution in [0.2, 0.25) is 0 Å². The fourth-order valence-electron chi connectivity index (χ4n) is 3.35. The summed E-state index contributed by atoms with van der Waals surface area (Å²) in [6.07, 6.45) is 5.45. The molecular formula is C20H23NO5. The van der Waals surface area contributed by atoms with Crippen molar-refractivity contribution in [2.24, 2.45) is 0 Å². The molecule has 1 aliphatic carbocycles. The Kier molecular flexibility index (Phi) is 5.61. The molecule has 6 heteroatoms. The van der Waals surface area contributed by atoms with Crippen LogP contribution in [0.15, 0.2) is 34.7 Å². The van der Waals surface area contributed by atoms with Gasteiger partial charge in [0.15, 0.2) is 5.76 Å². The van der Waals surface area contributed by atoms with Crippen LogP contribution in [0.3, 0.4) is 0 Å². The second-order valence-corrected chi connectivity index (χ2v) is 6.34. The lowest BCUT2D eigenvalue weighted by atomic mass is 9.95. The quantitative estimate of drug-likeness (QED) is 0.806. The van der Waals surface area contributed by atoms with Gasteiger partial charge in [-0.3, -0.25) is 0 Å². The summed E-state index contributed by atoms with van der Waals surface area (Å²) in [7, 11) is 2.56. The maximum absolute atomic E-state index is 12.4. The van der Waals surface area contributed by atoms with Gasteiger partial charge in [0.25, 0.3) is 0 Å². The summed E-state index contributed by atoms with van der Waals surface area (Å²) in [6.45, 7) is 0. The average Bonchev–Trinajstić information content (AvgIpc) is 3.07. The van der Waals surface area contributed by atoms with Crippen LogP contribution < -0.4 is 5.32 Å². The highest BCUT2D eigenvalue weighted by molar-refractivity contribution is 6.10. The third kappa shape index (κ3) is 3.59. The summed E-state index contributed by atoms with van der Waals surface area (Å²) in [4.78, 5) is 24.9. The van der Waals surface area contributed by atoms with Crippen molar-refractivity contribution in [3.8, 4) is 11.3 Å². The third-order valence-corrected chi connectivity index (χ3v) is 4.66. The van der Waals surface area contributed by atoms with E-state index in [1.165, 1.54) is 20.6 Å². The molecule has 3 rings (SSSR count). The summed E-state index contributed by atoms with van der Waals surface area (Å²) < 4.78 is 15.8. The zero-order valence-corrected chi connectivity index (χ0v) is 15.0. The summed E-state index contributed by atoms with van der Waals surface area (Å²) in [5.41, 5.74) is 0.863. The lowest BCUT2D eigenvalue weighted by Crippen LogP contribution is -2.23. The second-order valence-electron chi connectivity index (χ2n) is 6.34. The molecule has 6 nitrogen and oxygen atoms in total. The Morgan fingerprint density at radius 1 is 0.962 bits per heavy atom. The maximum Gasteiger partial charge on any atom is 0.344 e. The van der Waals surface area contributed by atoms with Gasteiger partial charge in [0.1, 0.15) is 11.1 Å². The van der Waals surface area contributed by atoms with Crippen molar-refractivity contribution >= 4 is 17.8 Å². The van der Waals surface area contributed by atoms with Crippen molar-refractivity contribution in [2.45, 2.75) is 38.1 Å². The van der Waals surface area contributed by atoms with Crippen molar-refractivity contribution < 1.29 is 23.5 Å². The molecule has 1 aromatic heterocycles. The standard InChI is InChI=1S/C20H23NO5/c1-24-19(22)15-16(20(23)25-2)18(21-14-11-7-4-8-12-14)26-17(15)13-9-5-3-6-10-13/h3,5-6,9-10,14,21H,4,7-8,11-12H2,1-2H3. The van der Waals surface area contributed by atoms with Gasteiger partial charge in [0.05, 0.1) is 14.2 Å². The van der Waals surface area contributed by atoms with Crippen molar-refractivity contribution in [2.75, 3.05) is 19.5 Å². The molecule has 1 heterocycles. The number of anilines is 1. The topological polar surface area (TPSA) is 77.8 Å². The smallest absolute Gasteiger partial charge is 0.344 e. The van der Waals surface area contributed by atoms with Crippen LogP contribution in [-0.2, 0) is 9.47 Å². The highest BCUT2D eigenvalue weighted by atomic mass is 16.5. The van der Waals surface area contributed by atoms with Gasteiger partial charge < -0.3 is 19.2 Å². The highest BCUT2D eigenvalue weighted by Crippen LogP contribution is 2.37. The molecule has 0 saturated heterocycles. The Morgan fingerprint density at radius 2 is 1.58 bits per heavy atom. The summed E-state index contributed by atoms with van der Waals surface area (Å²) >= 11 is 0. The number of hydrogen-bond acceptors (Lipinski definition) is 6. The molecule has 1 aliphatic rings. The van der Waals surface area contributed by atoms with E-state index in [4.69, 9.17) is 13.9 Å². The Bertz CT molecular complexity index is 775. The van der Waals surface area contributed by atoms with E-state index in [0.29, 0.717) is 11.3 Å². The van der Waals surface area contributed by atoms with Gasteiger partial charge >= 0.3 is 11.9 Å². The first-order chi connectivity index (χ1) is 12.7. The number of carbonyl (C=O) groups excluding carboxylic acids is 2. The van der Waals surface area contributed by atoms with Crippen LogP contribution in [-0.4, -0.2) is 32.2 Å². The molecule has 0 atom stereocenters. The van der Waals surface area contributed by atoms with Gasteiger partial charge in [0, 0.05) is 11.6 Å². The Morgan fingerprint density at radius 3 is 2.19 bits per heavy atom. The van der Waals surface area contributed by atoms with Crippen molar-refractivity contribution in [3.05, 3.63) is 41.5 Å². The fourth-order valence-corrected chi connectivity index (χ4v) is 3.35. The first-order valence-electron chi connectivity index (χ1n) is 8.81. The van der Waals surface area contributed by atoms with Gasteiger partial charge in [-0.05, 0) is 12.8 Å². The van der Waals surface area contributed by atoms with E-state index in [1.807, 2.05) is 30.3 Å². The SMILES string of the molecule is COC(=O)c1c(NC2CCCCC2)oc(-c2ccccc2)c1C(=O)OC. The van der Waals surface area contributed by atoms with E-state index in [9.17, 15) is 9.59 Å². The number of hydrogen-bond donors (Lipinski definition) is 1. The lowest BCUT2D eigenvalue weighted by molar-refractivity contribution is 0.0558. The number of nitrogens with one attached hydrogen (secondary N) is 1. The van der Waals surface area contributed by atoms with E-state index in [1.54, 1.807) is 0 Å². The zero-order chi connectivity index (χ0) is 18.5. The van der Waals surface area contributed by atoms with Crippen molar-refractivity contribution in [1.29, 1.82) is 0 Å². The first kappa shape index (κ1) is 18.0. The van der Waals surface area contributed by atoms with E-state index in [2.05, 4.69) is 5.32 Å². The molecule has 1 fully saturated rings. The summed E-state index contributed by atoms with van der Waals surface area (Å²) in [6, 6.07) is 9.38. The van der Waals surface area contributed by atoms with Crippen LogP contribution in [0.25, 0.3) is 11.3 Å². The second kappa shape index (κ2) is 8.08. The third-order valence-electron chi connectivity index (χ3n) is 4.66. The molecule has 0 radical (unpaired) electrons. The molecule has 0 amide bonds. The number of methoxy groups -OCH3 is 2. The fraction of sp³-hybridized carbons (Fsp3) is 0.400. The molecule has 0 bridgehead atoms. The minimum Gasteiger partial charge on any atom is -0.465 e. The van der Waals surface area contributed by atoms with Gasteiger partial charge in [-0.15, -0.1) is 0 Å². The molecule has 26 heavy (non-hydrogen) atoms. The monoisotopic (exact) mass is 357 g/mol. The predicted octanol–water partition coefficient (Wildman–Crippen LogP) is 4.26. The molecule has 0 spiro atoms. The Hall–Kier alpha value is -2.76. The van der Waals surface area contributed by atoms with Crippen LogP contribution >= 0.6 is 0 Å². The van der Waals surface area contributed by atoms with E-state index < -0.39 is 11.9 Å². The summed E-state index contributed by atoms with van der Waals surface area (Å²) in [5.74, 6) is -0.696. The largest absolute Gasteiger partial charge is 0.465 e. The average molecular weight is 357 g/mol. The number of carbonyl (C=O) groups is 2. The van der Waals surface area contributed by atoms with Crippen LogP contribution in [0.1, 0.15) is 52.8 Å². The maximum atomic E-state index is 12.4. The van der Waals surface area contributed by atoms with Gasteiger partial charge in [-0.1, -0.05) is 49.6 Å². The molecule has 0 aliphatic heterocycles. The van der Waals surface area contributed by atoms with E-state index in [-0.39, 0.29) is 23.1 Å². The van der Waals surface area contributed by atoms with E-state index in [0.717, 1.165) is 25.7 Å². The summed E-state index contributed by atoms with van der Waals surface area (Å²) in [5, 5.41) is 3.30. The van der Waals surface area contributed by atoms with E-state index >= 15 is 0 Å². The molecule has 1 aromatic carbocycles. The number of benzene rings is 1. The molecule has 1 N–H and O–H groups in total. The minimum atomic E-state index is -0.635. The molecule has 1 saturated carbocycles. The molecular weight excluding hydrogens is 334 g/mol. The predicted molar refractivity (Wildman–Crippen MR) is 97.3 cm³/mol. The Balaban J connectivity index is 2.11. The van der Waals surface area contributed by atoms with Crippen LogP contribution in [0.4, 0.5) is 5.88 Å².